The molecule has 1 unspecified atom stereocenters. The molecule has 0 aliphatic carbocycles. The maximum absolute atomic E-state index is 12.6. The standard InChI is InChI=1S/C18H18ClN5O/c1-23-10-12(9-22-23)17(25)8-14-3-2-6-24(14)18-15-5-4-13(19)7-16(15)20-11-21-18/h4-5,7,9-11,14H,2-3,6,8H2,1H3. The quantitative estimate of drug-likeness (QED) is 0.672. The molecule has 128 valence electrons. The molecule has 6 nitrogen and oxygen atoms in total. The van der Waals surface area contributed by atoms with Crippen LogP contribution in [0.15, 0.2) is 36.9 Å². The lowest BCUT2D eigenvalue weighted by Crippen LogP contribution is -2.32. The molecule has 1 fully saturated rings. The van der Waals surface area contributed by atoms with Crippen LogP contribution in [0.1, 0.15) is 29.6 Å². The molecule has 0 N–H and O–H groups in total. The van der Waals surface area contributed by atoms with Gasteiger partial charge >= 0.3 is 0 Å². The maximum Gasteiger partial charge on any atom is 0.168 e. The van der Waals surface area contributed by atoms with Gasteiger partial charge in [-0.25, -0.2) is 9.97 Å². The molecule has 4 rings (SSSR count). The van der Waals surface area contributed by atoms with Gasteiger partial charge in [0.1, 0.15) is 12.1 Å². The number of aromatic nitrogens is 4. The molecule has 3 aromatic rings. The van der Waals surface area contributed by atoms with Crippen molar-refractivity contribution in [2.24, 2.45) is 7.05 Å². The minimum atomic E-state index is 0.117. The van der Waals surface area contributed by atoms with E-state index in [-0.39, 0.29) is 11.8 Å². The fourth-order valence-electron chi connectivity index (χ4n) is 3.47. The van der Waals surface area contributed by atoms with Crippen LogP contribution >= 0.6 is 11.6 Å². The number of carbonyl (C=O) groups excluding carboxylic acids is 1. The van der Waals surface area contributed by atoms with Crippen molar-refractivity contribution in [3.05, 3.63) is 47.5 Å². The lowest BCUT2D eigenvalue weighted by Gasteiger charge is -2.26. The smallest absolute Gasteiger partial charge is 0.168 e. The van der Waals surface area contributed by atoms with Gasteiger partial charge in [-0.1, -0.05) is 11.6 Å². The minimum absolute atomic E-state index is 0.117. The third kappa shape index (κ3) is 3.09. The molecule has 0 radical (unpaired) electrons. The van der Waals surface area contributed by atoms with E-state index in [1.807, 2.05) is 25.2 Å². The Labute approximate surface area is 150 Å². The highest BCUT2D eigenvalue weighted by Crippen LogP contribution is 2.32. The van der Waals surface area contributed by atoms with Gasteiger partial charge in [0.05, 0.1) is 17.3 Å². The molecule has 0 amide bonds. The van der Waals surface area contributed by atoms with E-state index < -0.39 is 0 Å². The first-order valence-electron chi connectivity index (χ1n) is 8.30. The van der Waals surface area contributed by atoms with Gasteiger partial charge in [0, 0.05) is 42.7 Å². The molecule has 0 saturated carbocycles. The molecule has 25 heavy (non-hydrogen) atoms. The summed E-state index contributed by atoms with van der Waals surface area (Å²) in [6.07, 6.45) is 7.44. The van der Waals surface area contributed by atoms with Crippen molar-refractivity contribution in [2.45, 2.75) is 25.3 Å². The number of anilines is 1. The zero-order chi connectivity index (χ0) is 17.4. The molecular weight excluding hydrogens is 338 g/mol. The minimum Gasteiger partial charge on any atom is -0.353 e. The van der Waals surface area contributed by atoms with Crippen molar-refractivity contribution >= 4 is 34.1 Å². The first-order chi connectivity index (χ1) is 12.1. The first-order valence-corrected chi connectivity index (χ1v) is 8.68. The molecule has 7 heteroatoms. The maximum atomic E-state index is 12.6. The topological polar surface area (TPSA) is 63.9 Å². The summed E-state index contributed by atoms with van der Waals surface area (Å²) in [4.78, 5) is 23.6. The van der Waals surface area contributed by atoms with E-state index in [1.54, 1.807) is 23.4 Å². The SMILES string of the molecule is Cn1cc(C(=O)CC2CCCN2c2ncnc3cc(Cl)ccc23)cn1. The van der Waals surface area contributed by atoms with Gasteiger partial charge in [-0.15, -0.1) is 0 Å². The zero-order valence-corrected chi connectivity index (χ0v) is 14.6. The number of rotatable bonds is 4. The second-order valence-electron chi connectivity index (χ2n) is 6.38. The molecule has 1 aliphatic heterocycles. The predicted molar refractivity (Wildman–Crippen MR) is 97.1 cm³/mol. The molecule has 1 saturated heterocycles. The van der Waals surface area contributed by atoms with Crippen LogP contribution in [-0.4, -0.2) is 38.1 Å². The van der Waals surface area contributed by atoms with Crippen LogP contribution in [0.4, 0.5) is 5.82 Å². The molecule has 1 atom stereocenters. The van der Waals surface area contributed by atoms with Gasteiger partial charge in [-0.05, 0) is 31.0 Å². The van der Waals surface area contributed by atoms with Gasteiger partial charge in [0.15, 0.2) is 5.78 Å². The highest BCUT2D eigenvalue weighted by Gasteiger charge is 2.29. The summed E-state index contributed by atoms with van der Waals surface area (Å²) in [5.41, 5.74) is 1.48. The summed E-state index contributed by atoms with van der Waals surface area (Å²) < 4.78 is 1.65. The van der Waals surface area contributed by atoms with E-state index in [0.29, 0.717) is 17.0 Å². The molecule has 2 aromatic heterocycles. The number of halogens is 1. The number of aryl methyl sites for hydroxylation is 1. The first kappa shape index (κ1) is 16.0. The van der Waals surface area contributed by atoms with E-state index >= 15 is 0 Å². The third-order valence-corrected chi connectivity index (χ3v) is 4.91. The summed E-state index contributed by atoms with van der Waals surface area (Å²) in [7, 11) is 1.82. The monoisotopic (exact) mass is 355 g/mol. The van der Waals surface area contributed by atoms with Crippen LogP contribution in [0.2, 0.25) is 5.02 Å². The number of carbonyl (C=O) groups is 1. The fourth-order valence-corrected chi connectivity index (χ4v) is 3.64. The largest absolute Gasteiger partial charge is 0.353 e. The Morgan fingerprint density at radius 1 is 1.36 bits per heavy atom. The zero-order valence-electron chi connectivity index (χ0n) is 13.9. The number of benzene rings is 1. The average Bonchev–Trinajstić information content (AvgIpc) is 3.23. The van der Waals surface area contributed by atoms with Crippen LogP contribution in [0.25, 0.3) is 10.9 Å². The van der Waals surface area contributed by atoms with E-state index in [9.17, 15) is 4.79 Å². The highest BCUT2D eigenvalue weighted by atomic mass is 35.5. The van der Waals surface area contributed by atoms with Gasteiger partial charge in [0.2, 0.25) is 0 Å². The molecule has 0 spiro atoms. The number of hydrogen-bond donors (Lipinski definition) is 0. The van der Waals surface area contributed by atoms with E-state index in [2.05, 4.69) is 20.0 Å². The van der Waals surface area contributed by atoms with Crippen LogP contribution in [0, 0.1) is 0 Å². The predicted octanol–water partition coefficient (Wildman–Crippen LogP) is 3.26. The Balaban J connectivity index is 1.62. The number of nitrogens with zero attached hydrogens (tertiary/aromatic N) is 5. The van der Waals surface area contributed by atoms with Crippen LogP contribution in [0.5, 0.6) is 0 Å². The fraction of sp³-hybridized carbons (Fsp3) is 0.333. The van der Waals surface area contributed by atoms with Gasteiger partial charge in [0.25, 0.3) is 0 Å². The Kier molecular flexibility index (Phi) is 4.13. The molecule has 1 aliphatic rings. The second-order valence-corrected chi connectivity index (χ2v) is 6.81. The Morgan fingerprint density at radius 2 is 2.24 bits per heavy atom. The average molecular weight is 356 g/mol. The van der Waals surface area contributed by atoms with E-state index in [4.69, 9.17) is 11.6 Å². The molecule has 0 bridgehead atoms. The van der Waals surface area contributed by atoms with Gasteiger partial charge < -0.3 is 4.90 Å². The van der Waals surface area contributed by atoms with Crippen molar-refractivity contribution < 1.29 is 4.79 Å². The lowest BCUT2D eigenvalue weighted by molar-refractivity contribution is 0.0974. The summed E-state index contributed by atoms with van der Waals surface area (Å²) >= 11 is 6.07. The third-order valence-electron chi connectivity index (χ3n) is 4.67. The van der Waals surface area contributed by atoms with Gasteiger partial charge in [-0.3, -0.25) is 9.48 Å². The summed E-state index contributed by atoms with van der Waals surface area (Å²) in [5, 5.41) is 5.71. The molecular formula is C18H18ClN5O. The van der Waals surface area contributed by atoms with Crippen molar-refractivity contribution in [3.8, 4) is 0 Å². The Bertz CT molecular complexity index is 938. The van der Waals surface area contributed by atoms with Crippen molar-refractivity contribution in [1.82, 2.24) is 19.7 Å². The molecule has 3 heterocycles. The Hall–Kier alpha value is -2.47. The van der Waals surface area contributed by atoms with Crippen molar-refractivity contribution in [3.63, 3.8) is 0 Å². The van der Waals surface area contributed by atoms with Crippen molar-refractivity contribution in [2.75, 3.05) is 11.4 Å². The van der Waals surface area contributed by atoms with E-state index in [0.717, 1.165) is 36.1 Å². The number of hydrogen-bond acceptors (Lipinski definition) is 5. The summed E-state index contributed by atoms with van der Waals surface area (Å²) in [5.74, 6) is 0.995. The van der Waals surface area contributed by atoms with Gasteiger partial charge in [-0.2, -0.15) is 5.10 Å². The van der Waals surface area contributed by atoms with Crippen molar-refractivity contribution in [1.29, 1.82) is 0 Å². The normalized spacial score (nSPS) is 17.4. The summed E-state index contributed by atoms with van der Waals surface area (Å²) in [6.45, 7) is 0.889. The Morgan fingerprint density at radius 3 is 3.04 bits per heavy atom. The van der Waals surface area contributed by atoms with E-state index in [1.165, 1.54) is 0 Å². The summed E-state index contributed by atoms with van der Waals surface area (Å²) in [6, 6.07) is 5.78. The lowest BCUT2D eigenvalue weighted by atomic mass is 10.0. The molecule has 1 aromatic carbocycles. The second kappa shape index (κ2) is 6.44. The number of fused-ring (bicyclic) bond motifs is 1. The number of Topliss-reactive ketones (excluding diaryl/α,β-unsaturated/α-hetero) is 1. The van der Waals surface area contributed by atoms with Crippen LogP contribution in [0.3, 0.4) is 0 Å². The number of ketones is 1. The van der Waals surface area contributed by atoms with Crippen LogP contribution < -0.4 is 4.90 Å². The van der Waals surface area contributed by atoms with Crippen LogP contribution in [-0.2, 0) is 7.05 Å². The highest BCUT2D eigenvalue weighted by molar-refractivity contribution is 6.31.